The lowest BCUT2D eigenvalue weighted by atomic mass is 10.1. The van der Waals surface area contributed by atoms with Gasteiger partial charge >= 0.3 is 11.9 Å². The highest BCUT2D eigenvalue weighted by molar-refractivity contribution is 5.98. The maximum Gasteiger partial charge on any atom is 0.334 e. The second-order valence-electron chi connectivity index (χ2n) is 3.47. The van der Waals surface area contributed by atoms with Gasteiger partial charge in [-0.3, -0.25) is 4.79 Å². The van der Waals surface area contributed by atoms with E-state index in [0.29, 0.717) is 11.3 Å². The number of esters is 1. The molecular weight excluding hydrogens is 236 g/mol. The molecule has 5 heteroatoms. The van der Waals surface area contributed by atoms with Crippen LogP contribution in [0.4, 0.5) is 0 Å². The Hall–Kier alpha value is -2.30. The van der Waals surface area contributed by atoms with Crippen LogP contribution in [0, 0.1) is 0 Å². The molecule has 0 aliphatic rings. The van der Waals surface area contributed by atoms with E-state index in [1.807, 2.05) is 0 Å². The molecule has 0 atom stereocenters. The molecule has 5 nitrogen and oxygen atoms in total. The summed E-state index contributed by atoms with van der Waals surface area (Å²) in [6.45, 7) is 0. The van der Waals surface area contributed by atoms with E-state index in [-0.39, 0.29) is 5.57 Å². The lowest BCUT2D eigenvalue weighted by molar-refractivity contribution is -0.141. The highest BCUT2D eigenvalue weighted by Gasteiger charge is 2.14. The van der Waals surface area contributed by atoms with Crippen LogP contribution < -0.4 is 4.74 Å². The Kier molecular flexibility index (Phi) is 4.92. The third-order valence-corrected chi connectivity index (χ3v) is 2.26. The van der Waals surface area contributed by atoms with Crippen molar-refractivity contribution in [3.05, 3.63) is 35.4 Å². The number of carbonyl (C=O) groups excluding carboxylic acids is 1. The maximum absolute atomic E-state index is 11.5. The van der Waals surface area contributed by atoms with Crippen LogP contribution in [0.1, 0.15) is 12.0 Å². The molecule has 18 heavy (non-hydrogen) atoms. The van der Waals surface area contributed by atoms with Crippen LogP contribution in [0.25, 0.3) is 6.08 Å². The molecule has 0 fully saturated rings. The van der Waals surface area contributed by atoms with Gasteiger partial charge in [0.05, 0.1) is 20.6 Å². The predicted molar refractivity (Wildman–Crippen MR) is 65.2 cm³/mol. The molecule has 0 unspecified atom stereocenters. The van der Waals surface area contributed by atoms with Crippen LogP contribution in [0.15, 0.2) is 29.8 Å². The zero-order valence-electron chi connectivity index (χ0n) is 10.2. The minimum atomic E-state index is -1.10. The number of benzene rings is 1. The van der Waals surface area contributed by atoms with Crippen molar-refractivity contribution in [1.82, 2.24) is 0 Å². The lowest BCUT2D eigenvalue weighted by Crippen LogP contribution is -2.09. The van der Waals surface area contributed by atoms with Gasteiger partial charge in [-0.05, 0) is 12.1 Å². The van der Waals surface area contributed by atoms with E-state index in [0.717, 1.165) is 0 Å². The predicted octanol–water partition coefficient (Wildman–Crippen LogP) is 1.73. The fourth-order valence-electron chi connectivity index (χ4n) is 1.45. The number of aliphatic carboxylic acids is 1. The number of rotatable bonds is 5. The second-order valence-corrected chi connectivity index (χ2v) is 3.47. The first-order valence-electron chi connectivity index (χ1n) is 5.22. The summed E-state index contributed by atoms with van der Waals surface area (Å²) >= 11 is 0. The zero-order valence-corrected chi connectivity index (χ0v) is 10.2. The van der Waals surface area contributed by atoms with Gasteiger partial charge in [-0.2, -0.15) is 0 Å². The number of carboxylic acids is 1. The first-order chi connectivity index (χ1) is 8.58. The van der Waals surface area contributed by atoms with E-state index in [1.165, 1.54) is 20.3 Å². The van der Waals surface area contributed by atoms with Crippen molar-refractivity contribution in [2.45, 2.75) is 6.42 Å². The van der Waals surface area contributed by atoms with E-state index in [4.69, 9.17) is 9.84 Å². The number of hydrogen-bond acceptors (Lipinski definition) is 4. The van der Waals surface area contributed by atoms with Gasteiger partial charge in [0.2, 0.25) is 0 Å². The van der Waals surface area contributed by atoms with Crippen molar-refractivity contribution < 1.29 is 24.2 Å². The standard InChI is InChI=1S/C13H14O5/c1-17-11-6-4-3-5-9(11)7-10(8-12(14)15)13(16)18-2/h3-7H,8H2,1-2H3,(H,14,15). The van der Waals surface area contributed by atoms with Crippen LogP contribution in [0.5, 0.6) is 5.75 Å². The van der Waals surface area contributed by atoms with Crippen LogP contribution in [0.2, 0.25) is 0 Å². The zero-order chi connectivity index (χ0) is 13.5. The number of ether oxygens (including phenoxy) is 2. The summed E-state index contributed by atoms with van der Waals surface area (Å²) in [5.74, 6) is -1.20. The summed E-state index contributed by atoms with van der Waals surface area (Å²) in [6, 6.07) is 7.00. The Labute approximate surface area is 105 Å². The van der Waals surface area contributed by atoms with Crippen molar-refractivity contribution >= 4 is 18.0 Å². The molecule has 0 saturated carbocycles. The van der Waals surface area contributed by atoms with Crippen molar-refractivity contribution in [1.29, 1.82) is 0 Å². The highest BCUT2D eigenvalue weighted by Crippen LogP contribution is 2.21. The molecule has 96 valence electrons. The molecule has 0 saturated heterocycles. The van der Waals surface area contributed by atoms with Gasteiger partial charge in [0.15, 0.2) is 0 Å². The average molecular weight is 250 g/mol. The molecule has 1 aromatic carbocycles. The van der Waals surface area contributed by atoms with Gasteiger partial charge in [0.1, 0.15) is 5.75 Å². The topological polar surface area (TPSA) is 72.8 Å². The first-order valence-corrected chi connectivity index (χ1v) is 5.22. The fourth-order valence-corrected chi connectivity index (χ4v) is 1.45. The molecule has 1 N–H and O–H groups in total. The Morgan fingerprint density at radius 2 is 1.94 bits per heavy atom. The molecule has 1 rings (SSSR count). The number of carboxylic acid groups (broad SMARTS) is 1. The van der Waals surface area contributed by atoms with Crippen LogP contribution in [0.3, 0.4) is 0 Å². The molecule has 1 aromatic rings. The summed E-state index contributed by atoms with van der Waals surface area (Å²) in [7, 11) is 2.71. The van der Waals surface area contributed by atoms with Gasteiger partial charge in [-0.25, -0.2) is 4.79 Å². The van der Waals surface area contributed by atoms with Gasteiger partial charge in [-0.15, -0.1) is 0 Å². The second kappa shape index (κ2) is 6.44. The van der Waals surface area contributed by atoms with E-state index in [9.17, 15) is 9.59 Å². The molecule has 0 heterocycles. The Morgan fingerprint density at radius 3 is 2.50 bits per heavy atom. The lowest BCUT2D eigenvalue weighted by Gasteiger charge is -2.06. The van der Waals surface area contributed by atoms with Crippen LogP contribution in [-0.2, 0) is 14.3 Å². The van der Waals surface area contributed by atoms with Gasteiger partial charge in [0.25, 0.3) is 0 Å². The summed E-state index contributed by atoms with van der Waals surface area (Å²) in [4.78, 5) is 22.2. The molecule has 0 aromatic heterocycles. The van der Waals surface area contributed by atoms with Gasteiger partial charge in [0, 0.05) is 11.1 Å². The Balaban J connectivity index is 3.14. The van der Waals surface area contributed by atoms with Crippen LogP contribution >= 0.6 is 0 Å². The third kappa shape index (κ3) is 3.62. The highest BCUT2D eigenvalue weighted by atomic mass is 16.5. The van der Waals surface area contributed by atoms with E-state index in [2.05, 4.69) is 4.74 Å². The number of carbonyl (C=O) groups is 2. The maximum atomic E-state index is 11.5. The quantitative estimate of drug-likeness (QED) is 0.636. The van der Waals surface area contributed by atoms with Crippen molar-refractivity contribution in [2.75, 3.05) is 14.2 Å². The van der Waals surface area contributed by atoms with E-state index < -0.39 is 18.4 Å². The summed E-state index contributed by atoms with van der Waals surface area (Å²) in [5, 5.41) is 8.75. The third-order valence-electron chi connectivity index (χ3n) is 2.26. The summed E-state index contributed by atoms with van der Waals surface area (Å²) in [5.41, 5.74) is 0.691. The van der Waals surface area contributed by atoms with Crippen molar-refractivity contribution in [3.63, 3.8) is 0 Å². The van der Waals surface area contributed by atoms with E-state index in [1.54, 1.807) is 24.3 Å². The van der Waals surface area contributed by atoms with Crippen molar-refractivity contribution in [2.24, 2.45) is 0 Å². The molecule has 0 spiro atoms. The summed E-state index contributed by atoms with van der Waals surface area (Å²) < 4.78 is 9.67. The number of hydrogen-bond donors (Lipinski definition) is 1. The number of para-hydroxylation sites is 1. The minimum absolute atomic E-state index is 0.0644. The fraction of sp³-hybridized carbons (Fsp3) is 0.231. The Morgan fingerprint density at radius 1 is 1.28 bits per heavy atom. The average Bonchev–Trinajstić information content (AvgIpc) is 2.37. The molecule has 0 aliphatic heterocycles. The molecule has 0 amide bonds. The molecule has 0 bridgehead atoms. The SMILES string of the molecule is COC(=O)C(=Cc1ccccc1OC)CC(=O)O. The molecular formula is C13H14O5. The number of methoxy groups -OCH3 is 2. The molecule has 0 aliphatic carbocycles. The van der Waals surface area contributed by atoms with Crippen LogP contribution in [-0.4, -0.2) is 31.3 Å². The first kappa shape index (κ1) is 13.8. The van der Waals surface area contributed by atoms with Gasteiger partial charge < -0.3 is 14.6 Å². The monoisotopic (exact) mass is 250 g/mol. The van der Waals surface area contributed by atoms with Crippen molar-refractivity contribution in [3.8, 4) is 5.75 Å². The minimum Gasteiger partial charge on any atom is -0.496 e. The summed E-state index contributed by atoms with van der Waals surface area (Å²) in [6.07, 6.45) is 1.06. The largest absolute Gasteiger partial charge is 0.496 e. The van der Waals surface area contributed by atoms with E-state index >= 15 is 0 Å². The normalized spacial score (nSPS) is 10.9. The smallest absolute Gasteiger partial charge is 0.334 e. The molecule has 0 radical (unpaired) electrons. The van der Waals surface area contributed by atoms with Gasteiger partial charge in [-0.1, -0.05) is 18.2 Å². The Bertz CT molecular complexity index is 476.